The third-order valence-electron chi connectivity index (χ3n) is 3.49. The highest BCUT2D eigenvalue weighted by molar-refractivity contribution is 5.73. The SMILES string of the molecule is Cc1cc(C)n(-c2ccc(CNC(=O)NCc3ccco3)cn2)n1. The molecule has 0 unspecified atom stereocenters. The zero-order valence-corrected chi connectivity index (χ0v) is 13.6. The second kappa shape index (κ2) is 6.99. The minimum absolute atomic E-state index is 0.256. The summed E-state index contributed by atoms with van der Waals surface area (Å²) >= 11 is 0. The van der Waals surface area contributed by atoms with Gasteiger partial charge in [0.1, 0.15) is 5.76 Å². The molecule has 2 N–H and O–H groups in total. The van der Waals surface area contributed by atoms with Gasteiger partial charge in [0.25, 0.3) is 0 Å². The number of furan rings is 1. The molecular formula is C17H19N5O2. The van der Waals surface area contributed by atoms with Crippen molar-refractivity contribution in [2.24, 2.45) is 0 Å². The minimum atomic E-state index is -0.256. The second-order valence-electron chi connectivity index (χ2n) is 5.48. The molecule has 24 heavy (non-hydrogen) atoms. The lowest BCUT2D eigenvalue weighted by atomic mass is 10.3. The predicted octanol–water partition coefficient (Wildman–Crippen LogP) is 2.48. The third-order valence-corrected chi connectivity index (χ3v) is 3.49. The van der Waals surface area contributed by atoms with Crippen LogP contribution in [0.1, 0.15) is 22.7 Å². The van der Waals surface area contributed by atoms with Crippen LogP contribution in [0.5, 0.6) is 0 Å². The van der Waals surface area contributed by atoms with Gasteiger partial charge in [-0.1, -0.05) is 6.07 Å². The Kier molecular flexibility index (Phi) is 4.60. The van der Waals surface area contributed by atoms with Crippen LogP contribution >= 0.6 is 0 Å². The summed E-state index contributed by atoms with van der Waals surface area (Å²) in [6, 6.07) is 9.14. The van der Waals surface area contributed by atoms with Crippen molar-refractivity contribution < 1.29 is 9.21 Å². The van der Waals surface area contributed by atoms with Crippen molar-refractivity contribution in [1.82, 2.24) is 25.4 Å². The highest BCUT2D eigenvalue weighted by Crippen LogP contribution is 2.10. The van der Waals surface area contributed by atoms with Gasteiger partial charge in [0, 0.05) is 18.4 Å². The lowest BCUT2D eigenvalue weighted by molar-refractivity contribution is 0.239. The molecule has 0 radical (unpaired) electrons. The fourth-order valence-corrected chi connectivity index (χ4v) is 2.33. The fraction of sp³-hybridized carbons (Fsp3) is 0.235. The summed E-state index contributed by atoms with van der Waals surface area (Å²) in [5.74, 6) is 1.47. The number of carbonyl (C=O) groups excluding carboxylic acids is 1. The lowest BCUT2D eigenvalue weighted by Gasteiger charge is -2.08. The van der Waals surface area contributed by atoms with Crippen molar-refractivity contribution in [2.45, 2.75) is 26.9 Å². The van der Waals surface area contributed by atoms with Crippen molar-refractivity contribution in [1.29, 1.82) is 0 Å². The average Bonchev–Trinajstić information content (AvgIpc) is 3.21. The summed E-state index contributed by atoms with van der Waals surface area (Å²) in [4.78, 5) is 16.2. The summed E-state index contributed by atoms with van der Waals surface area (Å²) < 4.78 is 6.95. The van der Waals surface area contributed by atoms with Crippen LogP contribution in [0.2, 0.25) is 0 Å². The minimum Gasteiger partial charge on any atom is -0.467 e. The van der Waals surface area contributed by atoms with Gasteiger partial charge >= 0.3 is 6.03 Å². The summed E-state index contributed by atoms with van der Waals surface area (Å²) in [7, 11) is 0. The van der Waals surface area contributed by atoms with Crippen molar-refractivity contribution in [2.75, 3.05) is 0 Å². The molecule has 124 valence electrons. The summed E-state index contributed by atoms with van der Waals surface area (Å²) in [5, 5.41) is 9.91. The molecule has 0 aliphatic heterocycles. The summed E-state index contributed by atoms with van der Waals surface area (Å²) in [6.45, 7) is 4.69. The van der Waals surface area contributed by atoms with E-state index in [2.05, 4.69) is 20.7 Å². The van der Waals surface area contributed by atoms with E-state index in [-0.39, 0.29) is 6.03 Å². The Morgan fingerprint density at radius 3 is 2.67 bits per heavy atom. The Morgan fingerprint density at radius 1 is 1.21 bits per heavy atom. The molecule has 0 bridgehead atoms. The number of amides is 2. The van der Waals surface area contributed by atoms with Crippen LogP contribution in [0.25, 0.3) is 5.82 Å². The number of urea groups is 1. The lowest BCUT2D eigenvalue weighted by Crippen LogP contribution is -2.34. The van der Waals surface area contributed by atoms with E-state index in [1.54, 1.807) is 23.2 Å². The Labute approximate surface area is 139 Å². The number of nitrogens with zero attached hydrogens (tertiary/aromatic N) is 3. The molecule has 0 saturated carbocycles. The van der Waals surface area contributed by atoms with Crippen molar-refractivity contribution in [3.8, 4) is 5.82 Å². The molecule has 3 aromatic rings. The van der Waals surface area contributed by atoms with Crippen LogP contribution in [-0.2, 0) is 13.1 Å². The maximum Gasteiger partial charge on any atom is 0.315 e. The van der Waals surface area contributed by atoms with Gasteiger partial charge in [0.05, 0.1) is 18.5 Å². The Bertz CT molecular complexity index is 806. The molecule has 7 nitrogen and oxygen atoms in total. The number of aromatic nitrogens is 3. The summed E-state index contributed by atoms with van der Waals surface area (Å²) in [6.07, 6.45) is 3.31. The average molecular weight is 325 g/mol. The number of hydrogen-bond acceptors (Lipinski definition) is 4. The van der Waals surface area contributed by atoms with E-state index in [0.717, 1.165) is 22.8 Å². The molecule has 0 atom stereocenters. The Hall–Kier alpha value is -3.09. The molecule has 0 aliphatic carbocycles. The maximum absolute atomic E-state index is 11.7. The second-order valence-corrected chi connectivity index (χ2v) is 5.48. The van der Waals surface area contributed by atoms with E-state index in [1.165, 1.54) is 0 Å². The number of nitrogens with one attached hydrogen (secondary N) is 2. The van der Waals surface area contributed by atoms with E-state index in [4.69, 9.17) is 4.42 Å². The van der Waals surface area contributed by atoms with Crippen molar-refractivity contribution in [3.63, 3.8) is 0 Å². The monoisotopic (exact) mass is 325 g/mol. The first kappa shape index (κ1) is 15.8. The van der Waals surface area contributed by atoms with Crippen LogP contribution in [0.4, 0.5) is 4.79 Å². The first-order valence-corrected chi connectivity index (χ1v) is 7.64. The smallest absolute Gasteiger partial charge is 0.315 e. The molecule has 0 fully saturated rings. The molecule has 0 aromatic carbocycles. The van der Waals surface area contributed by atoms with E-state index >= 15 is 0 Å². The number of hydrogen-bond donors (Lipinski definition) is 2. The van der Waals surface area contributed by atoms with Gasteiger partial charge in [-0.25, -0.2) is 14.5 Å². The zero-order valence-electron chi connectivity index (χ0n) is 13.6. The van der Waals surface area contributed by atoms with Gasteiger partial charge in [-0.2, -0.15) is 5.10 Å². The van der Waals surface area contributed by atoms with Gasteiger partial charge in [-0.3, -0.25) is 0 Å². The van der Waals surface area contributed by atoms with Gasteiger partial charge in [-0.15, -0.1) is 0 Å². The van der Waals surface area contributed by atoms with E-state index in [9.17, 15) is 4.79 Å². The van der Waals surface area contributed by atoms with Gasteiger partial charge < -0.3 is 15.1 Å². The van der Waals surface area contributed by atoms with Gasteiger partial charge in [-0.05, 0) is 43.7 Å². The number of pyridine rings is 1. The van der Waals surface area contributed by atoms with E-state index in [0.29, 0.717) is 18.8 Å². The number of rotatable bonds is 5. The molecule has 0 aliphatic rings. The highest BCUT2D eigenvalue weighted by atomic mass is 16.3. The zero-order chi connectivity index (χ0) is 16.9. The largest absolute Gasteiger partial charge is 0.467 e. The quantitative estimate of drug-likeness (QED) is 0.755. The third kappa shape index (κ3) is 3.81. The standard InChI is InChI=1S/C17H19N5O2/c1-12-8-13(2)22(21-12)16-6-5-14(9-18-16)10-19-17(23)20-11-15-4-3-7-24-15/h3-9H,10-11H2,1-2H3,(H2,19,20,23). The van der Waals surface area contributed by atoms with Crippen molar-refractivity contribution >= 4 is 6.03 Å². The summed E-state index contributed by atoms with van der Waals surface area (Å²) in [5.41, 5.74) is 2.89. The topological polar surface area (TPSA) is 85.0 Å². The molecule has 3 rings (SSSR count). The Balaban J connectivity index is 1.52. The molecule has 0 saturated heterocycles. The predicted molar refractivity (Wildman–Crippen MR) is 88.6 cm³/mol. The number of carbonyl (C=O) groups is 1. The highest BCUT2D eigenvalue weighted by Gasteiger charge is 2.06. The number of aryl methyl sites for hydroxylation is 2. The van der Waals surface area contributed by atoms with Crippen LogP contribution in [0.15, 0.2) is 47.2 Å². The fourth-order valence-electron chi connectivity index (χ4n) is 2.33. The first-order valence-electron chi connectivity index (χ1n) is 7.64. The molecule has 2 amide bonds. The normalized spacial score (nSPS) is 10.6. The molecular weight excluding hydrogens is 306 g/mol. The van der Waals surface area contributed by atoms with Gasteiger partial charge in [0.15, 0.2) is 5.82 Å². The van der Waals surface area contributed by atoms with E-state index < -0.39 is 0 Å². The van der Waals surface area contributed by atoms with Gasteiger partial charge in [0.2, 0.25) is 0 Å². The van der Waals surface area contributed by atoms with Crippen LogP contribution < -0.4 is 10.6 Å². The molecule has 3 heterocycles. The Morgan fingerprint density at radius 2 is 2.04 bits per heavy atom. The van der Waals surface area contributed by atoms with Crippen LogP contribution in [-0.4, -0.2) is 20.8 Å². The van der Waals surface area contributed by atoms with E-state index in [1.807, 2.05) is 38.1 Å². The molecule has 0 spiro atoms. The maximum atomic E-state index is 11.7. The molecule has 7 heteroatoms. The first-order chi connectivity index (χ1) is 11.6. The molecule has 3 aromatic heterocycles. The van der Waals surface area contributed by atoms with Crippen LogP contribution in [0, 0.1) is 13.8 Å². The van der Waals surface area contributed by atoms with Crippen molar-refractivity contribution in [3.05, 3.63) is 65.5 Å². The van der Waals surface area contributed by atoms with Crippen LogP contribution in [0.3, 0.4) is 0 Å².